The standard InChI is InChI=1S/C9H17O2/c1-3-5-8(4-2)10-6-9-7-11-9/h8-9H,1,3-7H2,2H3. The maximum Gasteiger partial charge on any atom is 0.104 e. The van der Waals surface area contributed by atoms with Crippen molar-refractivity contribution >= 4 is 0 Å². The summed E-state index contributed by atoms with van der Waals surface area (Å²) in [5.41, 5.74) is 0. The maximum atomic E-state index is 5.59. The van der Waals surface area contributed by atoms with E-state index in [0.29, 0.717) is 12.2 Å². The third kappa shape index (κ3) is 3.73. The van der Waals surface area contributed by atoms with Gasteiger partial charge in [0.1, 0.15) is 6.10 Å². The third-order valence-electron chi connectivity index (χ3n) is 1.90. The molecule has 0 aliphatic carbocycles. The van der Waals surface area contributed by atoms with Crippen molar-refractivity contribution in [3.8, 4) is 0 Å². The van der Waals surface area contributed by atoms with Crippen molar-refractivity contribution < 1.29 is 9.47 Å². The number of epoxide rings is 1. The fourth-order valence-corrected chi connectivity index (χ4v) is 1.04. The van der Waals surface area contributed by atoms with Gasteiger partial charge in [0.25, 0.3) is 0 Å². The lowest BCUT2D eigenvalue weighted by molar-refractivity contribution is 0.0356. The van der Waals surface area contributed by atoms with Gasteiger partial charge in [-0.25, -0.2) is 0 Å². The predicted octanol–water partition coefficient (Wildman–Crippen LogP) is 1.79. The van der Waals surface area contributed by atoms with Gasteiger partial charge in [-0.2, -0.15) is 0 Å². The summed E-state index contributed by atoms with van der Waals surface area (Å²) in [5, 5.41) is 0. The minimum absolute atomic E-state index is 0.397. The Morgan fingerprint density at radius 3 is 2.91 bits per heavy atom. The quantitative estimate of drug-likeness (QED) is 0.548. The molecule has 0 spiro atoms. The molecule has 1 radical (unpaired) electrons. The van der Waals surface area contributed by atoms with E-state index in [1.807, 2.05) is 0 Å². The molecule has 1 saturated heterocycles. The molecule has 65 valence electrons. The van der Waals surface area contributed by atoms with Gasteiger partial charge < -0.3 is 9.47 Å². The summed E-state index contributed by atoms with van der Waals surface area (Å²) in [7, 11) is 0. The Morgan fingerprint density at radius 2 is 2.45 bits per heavy atom. The SMILES string of the molecule is [CH2]CCC(CC)OCC1CO1. The lowest BCUT2D eigenvalue weighted by Crippen LogP contribution is -2.14. The van der Waals surface area contributed by atoms with Gasteiger partial charge in [-0.1, -0.05) is 20.3 Å². The lowest BCUT2D eigenvalue weighted by atomic mass is 10.2. The monoisotopic (exact) mass is 157 g/mol. The van der Waals surface area contributed by atoms with Gasteiger partial charge in [0.2, 0.25) is 0 Å². The fourth-order valence-electron chi connectivity index (χ4n) is 1.04. The minimum Gasteiger partial charge on any atom is -0.375 e. The predicted molar refractivity (Wildman–Crippen MR) is 44.4 cm³/mol. The molecule has 1 aliphatic heterocycles. The second kappa shape index (κ2) is 4.73. The van der Waals surface area contributed by atoms with Crippen LogP contribution in [0.3, 0.4) is 0 Å². The summed E-state index contributed by atoms with van der Waals surface area (Å²) in [4.78, 5) is 0. The van der Waals surface area contributed by atoms with Crippen LogP contribution in [0, 0.1) is 6.92 Å². The van der Waals surface area contributed by atoms with E-state index in [2.05, 4.69) is 13.8 Å². The molecule has 2 unspecified atom stereocenters. The third-order valence-corrected chi connectivity index (χ3v) is 1.90. The molecule has 11 heavy (non-hydrogen) atoms. The topological polar surface area (TPSA) is 21.8 Å². The van der Waals surface area contributed by atoms with Gasteiger partial charge >= 0.3 is 0 Å². The number of hydrogen-bond acceptors (Lipinski definition) is 2. The van der Waals surface area contributed by atoms with E-state index in [1.165, 1.54) is 0 Å². The molecule has 2 nitrogen and oxygen atoms in total. The van der Waals surface area contributed by atoms with Crippen molar-refractivity contribution in [3.63, 3.8) is 0 Å². The number of hydrogen-bond donors (Lipinski definition) is 0. The smallest absolute Gasteiger partial charge is 0.104 e. The maximum absolute atomic E-state index is 5.59. The average molecular weight is 157 g/mol. The van der Waals surface area contributed by atoms with E-state index in [1.54, 1.807) is 0 Å². The number of rotatable bonds is 6. The largest absolute Gasteiger partial charge is 0.375 e. The van der Waals surface area contributed by atoms with Gasteiger partial charge in [0.05, 0.1) is 19.3 Å². The van der Waals surface area contributed by atoms with Crippen molar-refractivity contribution in [2.45, 2.75) is 38.4 Å². The molecule has 0 bridgehead atoms. The molecular formula is C9H17O2. The van der Waals surface area contributed by atoms with Gasteiger partial charge in [0, 0.05) is 0 Å². The Labute approximate surface area is 68.9 Å². The Morgan fingerprint density at radius 1 is 1.73 bits per heavy atom. The van der Waals surface area contributed by atoms with E-state index in [4.69, 9.17) is 9.47 Å². The van der Waals surface area contributed by atoms with Crippen LogP contribution in [0.15, 0.2) is 0 Å². The van der Waals surface area contributed by atoms with Crippen LogP contribution in [0.5, 0.6) is 0 Å². The highest BCUT2D eigenvalue weighted by Gasteiger charge is 2.23. The summed E-state index contributed by atoms with van der Waals surface area (Å²) in [6, 6.07) is 0. The molecule has 0 aromatic rings. The van der Waals surface area contributed by atoms with Crippen LogP contribution in [-0.4, -0.2) is 25.4 Å². The summed E-state index contributed by atoms with van der Waals surface area (Å²) in [5.74, 6) is 0. The lowest BCUT2D eigenvalue weighted by Gasteiger charge is -2.13. The zero-order valence-electron chi connectivity index (χ0n) is 7.21. The summed E-state index contributed by atoms with van der Waals surface area (Å²) in [6.45, 7) is 7.62. The Balaban J connectivity index is 1.98. The highest BCUT2D eigenvalue weighted by molar-refractivity contribution is 4.69. The van der Waals surface area contributed by atoms with Gasteiger partial charge in [-0.05, 0) is 12.8 Å². The Kier molecular flexibility index (Phi) is 3.87. The molecular weight excluding hydrogens is 140 g/mol. The Hall–Kier alpha value is -0.0800. The molecule has 1 rings (SSSR count). The van der Waals surface area contributed by atoms with Crippen molar-refractivity contribution in [2.75, 3.05) is 13.2 Å². The van der Waals surface area contributed by atoms with Crippen LogP contribution in [-0.2, 0) is 9.47 Å². The van der Waals surface area contributed by atoms with Crippen LogP contribution >= 0.6 is 0 Å². The zero-order chi connectivity index (χ0) is 8.10. The molecule has 1 fully saturated rings. The van der Waals surface area contributed by atoms with Crippen molar-refractivity contribution in [1.82, 2.24) is 0 Å². The first kappa shape index (κ1) is 9.01. The molecule has 0 aromatic carbocycles. The molecule has 0 amide bonds. The van der Waals surface area contributed by atoms with Gasteiger partial charge in [0.15, 0.2) is 0 Å². The van der Waals surface area contributed by atoms with Crippen molar-refractivity contribution in [1.29, 1.82) is 0 Å². The van der Waals surface area contributed by atoms with Crippen LogP contribution in [0.1, 0.15) is 26.2 Å². The normalized spacial score (nSPS) is 25.1. The summed E-state index contributed by atoms with van der Waals surface area (Å²) >= 11 is 0. The van der Waals surface area contributed by atoms with Gasteiger partial charge in [-0.15, -0.1) is 0 Å². The van der Waals surface area contributed by atoms with E-state index < -0.39 is 0 Å². The molecule has 0 N–H and O–H groups in total. The molecule has 2 heteroatoms. The van der Waals surface area contributed by atoms with Crippen molar-refractivity contribution in [3.05, 3.63) is 6.92 Å². The molecule has 0 aromatic heterocycles. The van der Waals surface area contributed by atoms with Gasteiger partial charge in [-0.3, -0.25) is 0 Å². The first-order chi connectivity index (χ1) is 5.36. The van der Waals surface area contributed by atoms with E-state index in [9.17, 15) is 0 Å². The second-order valence-electron chi connectivity index (χ2n) is 2.96. The van der Waals surface area contributed by atoms with Crippen molar-refractivity contribution in [2.24, 2.45) is 0 Å². The highest BCUT2D eigenvalue weighted by Crippen LogP contribution is 2.13. The number of ether oxygens (including phenoxy) is 2. The first-order valence-corrected chi connectivity index (χ1v) is 4.39. The van der Waals surface area contributed by atoms with E-state index in [0.717, 1.165) is 32.5 Å². The van der Waals surface area contributed by atoms with Crippen LogP contribution in [0.25, 0.3) is 0 Å². The summed E-state index contributed by atoms with van der Waals surface area (Å²) in [6.07, 6.45) is 3.92. The van der Waals surface area contributed by atoms with E-state index in [-0.39, 0.29) is 0 Å². The highest BCUT2D eigenvalue weighted by atomic mass is 16.6. The molecule has 1 heterocycles. The Bertz CT molecular complexity index is 99.7. The molecule has 0 saturated carbocycles. The fraction of sp³-hybridized carbons (Fsp3) is 0.889. The van der Waals surface area contributed by atoms with E-state index >= 15 is 0 Å². The summed E-state index contributed by atoms with van der Waals surface area (Å²) < 4.78 is 10.6. The van der Waals surface area contributed by atoms with Crippen LogP contribution < -0.4 is 0 Å². The second-order valence-corrected chi connectivity index (χ2v) is 2.96. The average Bonchev–Trinajstić information content (AvgIpc) is 2.81. The molecule has 1 aliphatic rings. The van der Waals surface area contributed by atoms with Crippen LogP contribution in [0.2, 0.25) is 0 Å². The van der Waals surface area contributed by atoms with Crippen LogP contribution in [0.4, 0.5) is 0 Å². The molecule has 2 atom stereocenters. The zero-order valence-corrected chi connectivity index (χ0v) is 7.21. The minimum atomic E-state index is 0.397. The first-order valence-electron chi connectivity index (χ1n) is 4.39.